The van der Waals surface area contributed by atoms with Gasteiger partial charge < -0.3 is 5.32 Å². The van der Waals surface area contributed by atoms with Crippen LogP contribution in [-0.4, -0.2) is 36.6 Å². The van der Waals surface area contributed by atoms with Gasteiger partial charge in [0.2, 0.25) is 0 Å². The molecular weight excluding hydrogens is 208 g/mol. The lowest BCUT2D eigenvalue weighted by atomic mass is 9.72. The van der Waals surface area contributed by atoms with E-state index in [1.807, 2.05) is 0 Å². The molecule has 0 bridgehead atoms. The van der Waals surface area contributed by atoms with E-state index in [9.17, 15) is 0 Å². The SMILES string of the molecule is CC1C2CNCC2CN1C1CCCCC1(C)C. The first-order valence-corrected chi connectivity index (χ1v) is 7.56. The topological polar surface area (TPSA) is 15.3 Å². The zero-order valence-electron chi connectivity index (χ0n) is 11.7. The Morgan fingerprint density at radius 3 is 2.71 bits per heavy atom. The second-order valence-corrected chi connectivity index (χ2v) is 7.27. The number of nitrogens with one attached hydrogen (secondary N) is 1. The van der Waals surface area contributed by atoms with Gasteiger partial charge in [0.15, 0.2) is 0 Å². The molecule has 2 heteroatoms. The maximum atomic E-state index is 3.57. The van der Waals surface area contributed by atoms with E-state index in [2.05, 4.69) is 31.0 Å². The second-order valence-electron chi connectivity index (χ2n) is 7.27. The molecule has 3 aliphatic rings. The van der Waals surface area contributed by atoms with Crippen molar-refractivity contribution in [1.29, 1.82) is 0 Å². The van der Waals surface area contributed by atoms with Crippen LogP contribution in [0.2, 0.25) is 0 Å². The Morgan fingerprint density at radius 2 is 2.00 bits per heavy atom. The summed E-state index contributed by atoms with van der Waals surface area (Å²) in [4.78, 5) is 2.87. The van der Waals surface area contributed by atoms with Gasteiger partial charge in [0.05, 0.1) is 0 Å². The van der Waals surface area contributed by atoms with E-state index >= 15 is 0 Å². The molecule has 2 nitrogen and oxygen atoms in total. The standard InChI is InChI=1S/C15H28N2/c1-11-13-9-16-8-12(13)10-17(11)14-6-4-5-7-15(14,2)3/h11-14,16H,4-10H2,1-3H3. The first-order valence-electron chi connectivity index (χ1n) is 7.56. The first-order chi connectivity index (χ1) is 8.09. The third-order valence-corrected chi connectivity index (χ3v) is 5.83. The fourth-order valence-corrected chi connectivity index (χ4v) is 4.70. The van der Waals surface area contributed by atoms with E-state index in [1.165, 1.54) is 45.3 Å². The molecule has 0 spiro atoms. The van der Waals surface area contributed by atoms with Crippen LogP contribution in [-0.2, 0) is 0 Å². The van der Waals surface area contributed by atoms with Crippen LogP contribution in [0.4, 0.5) is 0 Å². The predicted octanol–water partition coefficient (Wildman–Crippen LogP) is 2.49. The highest BCUT2D eigenvalue weighted by molar-refractivity contribution is 5.02. The van der Waals surface area contributed by atoms with Crippen LogP contribution >= 0.6 is 0 Å². The quantitative estimate of drug-likeness (QED) is 0.752. The molecule has 0 amide bonds. The van der Waals surface area contributed by atoms with E-state index < -0.39 is 0 Å². The van der Waals surface area contributed by atoms with Crippen molar-refractivity contribution in [3.8, 4) is 0 Å². The molecule has 3 rings (SSSR count). The maximum Gasteiger partial charge on any atom is 0.0149 e. The van der Waals surface area contributed by atoms with E-state index in [1.54, 1.807) is 0 Å². The molecule has 0 aromatic rings. The van der Waals surface area contributed by atoms with Gasteiger partial charge in [0.1, 0.15) is 0 Å². The molecule has 4 unspecified atom stereocenters. The molecule has 2 heterocycles. The van der Waals surface area contributed by atoms with Crippen LogP contribution < -0.4 is 5.32 Å². The van der Waals surface area contributed by atoms with Crippen molar-refractivity contribution in [2.45, 2.75) is 58.5 Å². The predicted molar refractivity (Wildman–Crippen MR) is 72.1 cm³/mol. The summed E-state index contributed by atoms with van der Waals surface area (Å²) in [6.45, 7) is 11.3. The Hall–Kier alpha value is -0.0800. The fourth-order valence-electron chi connectivity index (χ4n) is 4.70. The van der Waals surface area contributed by atoms with Crippen molar-refractivity contribution in [1.82, 2.24) is 10.2 Å². The Balaban J connectivity index is 1.76. The Bertz CT molecular complexity index is 287. The van der Waals surface area contributed by atoms with E-state index in [0.29, 0.717) is 5.41 Å². The summed E-state index contributed by atoms with van der Waals surface area (Å²) < 4.78 is 0. The third kappa shape index (κ3) is 1.94. The number of nitrogens with zero attached hydrogens (tertiary/aromatic N) is 1. The van der Waals surface area contributed by atoms with E-state index in [4.69, 9.17) is 0 Å². The summed E-state index contributed by atoms with van der Waals surface area (Å²) in [5.41, 5.74) is 0.540. The van der Waals surface area contributed by atoms with E-state index in [-0.39, 0.29) is 0 Å². The summed E-state index contributed by atoms with van der Waals surface area (Å²) >= 11 is 0. The van der Waals surface area contributed by atoms with Gasteiger partial charge in [0, 0.05) is 18.6 Å². The summed E-state index contributed by atoms with van der Waals surface area (Å²) in [7, 11) is 0. The average Bonchev–Trinajstić information content (AvgIpc) is 2.82. The van der Waals surface area contributed by atoms with Crippen molar-refractivity contribution < 1.29 is 0 Å². The Labute approximate surface area is 106 Å². The van der Waals surface area contributed by atoms with Crippen molar-refractivity contribution in [2.75, 3.05) is 19.6 Å². The highest BCUT2D eigenvalue weighted by Gasteiger charge is 2.47. The number of likely N-dealkylation sites (tertiary alicyclic amines) is 1. The number of hydrogen-bond donors (Lipinski definition) is 1. The number of rotatable bonds is 1. The van der Waals surface area contributed by atoms with Crippen LogP contribution in [0.5, 0.6) is 0 Å². The molecule has 0 aromatic heterocycles. The minimum Gasteiger partial charge on any atom is -0.316 e. The monoisotopic (exact) mass is 236 g/mol. The fraction of sp³-hybridized carbons (Fsp3) is 1.00. The molecule has 0 aromatic carbocycles. The van der Waals surface area contributed by atoms with Crippen molar-refractivity contribution in [2.24, 2.45) is 17.3 Å². The lowest BCUT2D eigenvalue weighted by molar-refractivity contribution is 0.0369. The van der Waals surface area contributed by atoms with Gasteiger partial charge in [-0.25, -0.2) is 0 Å². The van der Waals surface area contributed by atoms with Gasteiger partial charge in [-0.15, -0.1) is 0 Å². The summed E-state index contributed by atoms with van der Waals surface area (Å²) in [5, 5.41) is 3.57. The lowest BCUT2D eigenvalue weighted by Gasteiger charge is -2.46. The van der Waals surface area contributed by atoms with Crippen molar-refractivity contribution in [3.63, 3.8) is 0 Å². The minimum atomic E-state index is 0.540. The van der Waals surface area contributed by atoms with Crippen molar-refractivity contribution in [3.05, 3.63) is 0 Å². The van der Waals surface area contributed by atoms with Crippen molar-refractivity contribution >= 4 is 0 Å². The second kappa shape index (κ2) is 4.24. The van der Waals surface area contributed by atoms with Crippen LogP contribution in [0.3, 0.4) is 0 Å². The highest BCUT2D eigenvalue weighted by Crippen LogP contribution is 2.44. The normalized spacial score (nSPS) is 46.1. The van der Waals surface area contributed by atoms with E-state index in [0.717, 1.165) is 23.9 Å². The van der Waals surface area contributed by atoms with Gasteiger partial charge >= 0.3 is 0 Å². The number of hydrogen-bond acceptors (Lipinski definition) is 2. The first kappa shape index (κ1) is 12.0. The Kier molecular flexibility index (Phi) is 2.99. The molecule has 2 aliphatic heterocycles. The van der Waals surface area contributed by atoms with Crippen LogP contribution in [0.25, 0.3) is 0 Å². The van der Waals surface area contributed by atoms with Crippen LogP contribution in [0, 0.1) is 17.3 Å². The Morgan fingerprint density at radius 1 is 1.18 bits per heavy atom. The molecule has 3 fully saturated rings. The van der Waals surface area contributed by atoms with Gasteiger partial charge in [-0.1, -0.05) is 26.7 Å². The molecule has 1 saturated carbocycles. The third-order valence-electron chi connectivity index (χ3n) is 5.83. The maximum absolute atomic E-state index is 3.57. The highest BCUT2D eigenvalue weighted by atomic mass is 15.2. The zero-order chi connectivity index (χ0) is 12.0. The molecular formula is C15H28N2. The van der Waals surface area contributed by atoms with Crippen LogP contribution in [0.1, 0.15) is 46.5 Å². The summed E-state index contributed by atoms with van der Waals surface area (Å²) in [6, 6.07) is 1.65. The molecule has 4 atom stereocenters. The van der Waals surface area contributed by atoms with Gasteiger partial charge in [-0.3, -0.25) is 4.90 Å². The molecule has 98 valence electrons. The van der Waals surface area contributed by atoms with Gasteiger partial charge in [-0.2, -0.15) is 0 Å². The molecule has 1 N–H and O–H groups in total. The average molecular weight is 236 g/mol. The smallest absolute Gasteiger partial charge is 0.0149 e. The lowest BCUT2D eigenvalue weighted by Crippen LogP contribution is -2.50. The molecule has 17 heavy (non-hydrogen) atoms. The molecule has 2 saturated heterocycles. The summed E-state index contributed by atoms with van der Waals surface area (Å²) in [5.74, 6) is 1.86. The van der Waals surface area contributed by atoms with Gasteiger partial charge in [0.25, 0.3) is 0 Å². The van der Waals surface area contributed by atoms with Crippen LogP contribution in [0.15, 0.2) is 0 Å². The number of fused-ring (bicyclic) bond motifs is 1. The van der Waals surface area contributed by atoms with Gasteiger partial charge in [-0.05, 0) is 50.1 Å². The zero-order valence-corrected chi connectivity index (χ0v) is 11.7. The molecule has 1 aliphatic carbocycles. The minimum absolute atomic E-state index is 0.540. The largest absolute Gasteiger partial charge is 0.316 e. The molecule has 0 radical (unpaired) electrons. The summed E-state index contributed by atoms with van der Waals surface area (Å²) in [6.07, 6.45) is 5.75.